The summed E-state index contributed by atoms with van der Waals surface area (Å²) in [5, 5.41) is 19.6. The average Bonchev–Trinajstić information content (AvgIpc) is 2.40. The Balaban J connectivity index is 0.000000270. The number of carboxylic acids is 1. The van der Waals surface area contributed by atoms with E-state index in [4.69, 9.17) is 9.90 Å². The van der Waals surface area contributed by atoms with Crippen LogP contribution < -0.4 is 5.32 Å². The first-order chi connectivity index (χ1) is 9.71. The number of aliphatic hydroxyl groups is 1. The molecule has 2 fully saturated rings. The van der Waals surface area contributed by atoms with Crippen molar-refractivity contribution in [1.82, 2.24) is 10.2 Å². The maximum atomic E-state index is 11.6. The largest absolute Gasteiger partial charge is 0.490 e. The van der Waals surface area contributed by atoms with E-state index in [1.54, 1.807) is 0 Å². The van der Waals surface area contributed by atoms with Crippen LogP contribution in [0.5, 0.6) is 0 Å². The van der Waals surface area contributed by atoms with Crippen LogP contribution in [-0.4, -0.2) is 64.9 Å². The van der Waals surface area contributed by atoms with E-state index in [-0.39, 0.29) is 12.0 Å². The van der Waals surface area contributed by atoms with E-state index in [1.165, 1.54) is 0 Å². The summed E-state index contributed by atoms with van der Waals surface area (Å²) in [5.74, 6) is -2.54. The number of hydrogen-bond acceptors (Lipinski definition) is 4. The van der Waals surface area contributed by atoms with Crippen LogP contribution in [0.25, 0.3) is 0 Å². The highest BCUT2D eigenvalue weighted by atomic mass is 19.4. The van der Waals surface area contributed by atoms with Gasteiger partial charge in [0.1, 0.15) is 0 Å². The first-order valence-electron chi connectivity index (χ1n) is 6.70. The third-order valence-corrected chi connectivity index (χ3v) is 3.48. The van der Waals surface area contributed by atoms with E-state index in [9.17, 15) is 23.1 Å². The number of alkyl halides is 3. The minimum absolute atomic E-state index is 0.135. The van der Waals surface area contributed by atoms with Crippen LogP contribution in [-0.2, 0) is 9.59 Å². The molecule has 1 aliphatic carbocycles. The summed E-state index contributed by atoms with van der Waals surface area (Å²) in [6, 6.07) is 0.382. The Morgan fingerprint density at radius 1 is 1.24 bits per heavy atom. The second-order valence-electron chi connectivity index (χ2n) is 5.03. The Hall–Kier alpha value is -1.35. The molecule has 3 N–H and O–H groups in total. The second kappa shape index (κ2) is 7.60. The monoisotopic (exact) mass is 312 g/mol. The molecule has 0 unspecified atom stereocenters. The molecule has 1 amide bonds. The molecule has 21 heavy (non-hydrogen) atoms. The third kappa shape index (κ3) is 5.88. The number of hydrogen-bond donors (Lipinski definition) is 3. The summed E-state index contributed by atoms with van der Waals surface area (Å²) in [6.07, 6.45) is -1.59. The molecule has 6 nitrogen and oxygen atoms in total. The predicted octanol–water partition coefficient (Wildman–Crippen LogP) is 0.355. The van der Waals surface area contributed by atoms with Crippen molar-refractivity contribution >= 4 is 11.9 Å². The van der Waals surface area contributed by atoms with Crippen molar-refractivity contribution in [2.24, 2.45) is 0 Å². The zero-order chi connectivity index (χ0) is 16.0. The minimum atomic E-state index is -5.08. The number of piperazine rings is 1. The lowest BCUT2D eigenvalue weighted by Crippen LogP contribution is -2.53. The van der Waals surface area contributed by atoms with E-state index in [0.29, 0.717) is 12.6 Å². The Labute approximate surface area is 119 Å². The number of carbonyl (C=O) groups is 2. The molecule has 122 valence electrons. The van der Waals surface area contributed by atoms with E-state index in [2.05, 4.69) is 5.32 Å². The molecule has 0 aromatic heterocycles. The maximum Gasteiger partial charge on any atom is 0.490 e. The van der Waals surface area contributed by atoms with Gasteiger partial charge in [-0.05, 0) is 25.7 Å². The van der Waals surface area contributed by atoms with Crippen LogP contribution in [0.3, 0.4) is 0 Å². The normalized spacial score (nSPS) is 26.9. The van der Waals surface area contributed by atoms with Crippen LogP contribution in [0.1, 0.15) is 25.7 Å². The van der Waals surface area contributed by atoms with Crippen molar-refractivity contribution in [1.29, 1.82) is 0 Å². The number of rotatable bonds is 1. The van der Waals surface area contributed by atoms with Gasteiger partial charge in [0.15, 0.2) is 0 Å². The van der Waals surface area contributed by atoms with Gasteiger partial charge in [-0.3, -0.25) is 4.79 Å². The zero-order valence-corrected chi connectivity index (χ0v) is 11.4. The van der Waals surface area contributed by atoms with E-state index < -0.39 is 12.1 Å². The number of halogens is 3. The van der Waals surface area contributed by atoms with Gasteiger partial charge in [-0.1, -0.05) is 0 Å². The standard InChI is InChI=1S/C10H18N2O2.C2HF3O2/c13-9-3-1-8(2-4-9)12-6-5-11-7-10(12)14;3-2(4,5)1(6)7/h8-9,11,13H,1-7H2;(H,6,7)/t8-,9-;. The van der Waals surface area contributed by atoms with Crippen molar-refractivity contribution in [2.75, 3.05) is 19.6 Å². The number of amides is 1. The first kappa shape index (κ1) is 17.7. The number of carboxylic acid groups (broad SMARTS) is 1. The predicted molar refractivity (Wildman–Crippen MR) is 66.5 cm³/mol. The van der Waals surface area contributed by atoms with Gasteiger partial charge in [0, 0.05) is 19.1 Å². The fourth-order valence-corrected chi connectivity index (χ4v) is 2.38. The highest BCUT2D eigenvalue weighted by Gasteiger charge is 2.38. The van der Waals surface area contributed by atoms with Crippen molar-refractivity contribution in [3.63, 3.8) is 0 Å². The number of aliphatic carboxylic acids is 1. The second-order valence-corrected chi connectivity index (χ2v) is 5.03. The highest BCUT2D eigenvalue weighted by molar-refractivity contribution is 5.79. The lowest BCUT2D eigenvalue weighted by Gasteiger charge is -2.38. The Kier molecular flexibility index (Phi) is 6.41. The lowest BCUT2D eigenvalue weighted by atomic mass is 9.91. The Morgan fingerprint density at radius 2 is 1.76 bits per heavy atom. The quantitative estimate of drug-likeness (QED) is 0.650. The maximum absolute atomic E-state index is 11.6. The molecule has 0 spiro atoms. The van der Waals surface area contributed by atoms with Crippen molar-refractivity contribution in [3.05, 3.63) is 0 Å². The minimum Gasteiger partial charge on any atom is -0.475 e. The number of aliphatic hydroxyl groups excluding tert-OH is 1. The van der Waals surface area contributed by atoms with Gasteiger partial charge in [-0.15, -0.1) is 0 Å². The number of nitrogens with one attached hydrogen (secondary N) is 1. The van der Waals surface area contributed by atoms with E-state index in [1.807, 2.05) is 4.90 Å². The summed E-state index contributed by atoms with van der Waals surface area (Å²) < 4.78 is 31.7. The molecule has 0 aromatic rings. The van der Waals surface area contributed by atoms with Gasteiger partial charge >= 0.3 is 12.1 Å². The SMILES string of the molecule is O=C(O)C(F)(F)F.O=C1CNCCN1[C@H]1CC[C@H](O)CC1. The van der Waals surface area contributed by atoms with Crippen molar-refractivity contribution in [3.8, 4) is 0 Å². The van der Waals surface area contributed by atoms with Crippen LogP contribution >= 0.6 is 0 Å². The van der Waals surface area contributed by atoms with Gasteiger partial charge in [0.25, 0.3) is 0 Å². The van der Waals surface area contributed by atoms with Crippen molar-refractivity contribution < 1.29 is 33.0 Å². The van der Waals surface area contributed by atoms with Crippen LogP contribution in [0.15, 0.2) is 0 Å². The zero-order valence-electron chi connectivity index (χ0n) is 11.4. The third-order valence-electron chi connectivity index (χ3n) is 3.48. The first-order valence-corrected chi connectivity index (χ1v) is 6.70. The summed E-state index contributed by atoms with van der Waals surface area (Å²) in [5.41, 5.74) is 0. The molecule has 0 radical (unpaired) electrons. The lowest BCUT2D eigenvalue weighted by molar-refractivity contribution is -0.192. The molecule has 1 aliphatic heterocycles. The molecule has 9 heteroatoms. The molecule has 0 atom stereocenters. The molecular formula is C12H19F3N2O4. The molecule has 0 aromatic carbocycles. The molecule has 1 saturated heterocycles. The fourth-order valence-electron chi connectivity index (χ4n) is 2.38. The van der Waals surface area contributed by atoms with Gasteiger partial charge in [-0.2, -0.15) is 13.2 Å². The molecule has 1 heterocycles. The van der Waals surface area contributed by atoms with Gasteiger partial charge in [-0.25, -0.2) is 4.79 Å². The molecular weight excluding hydrogens is 293 g/mol. The fraction of sp³-hybridized carbons (Fsp3) is 0.833. The smallest absolute Gasteiger partial charge is 0.475 e. The highest BCUT2D eigenvalue weighted by Crippen LogP contribution is 2.23. The molecule has 0 bridgehead atoms. The topological polar surface area (TPSA) is 89.9 Å². The summed E-state index contributed by atoms with van der Waals surface area (Å²) in [7, 11) is 0. The summed E-state index contributed by atoms with van der Waals surface area (Å²) in [6.45, 7) is 2.23. The van der Waals surface area contributed by atoms with Gasteiger partial charge in [0.2, 0.25) is 5.91 Å². The van der Waals surface area contributed by atoms with Crippen LogP contribution in [0, 0.1) is 0 Å². The Morgan fingerprint density at radius 3 is 2.19 bits per heavy atom. The summed E-state index contributed by atoms with van der Waals surface area (Å²) >= 11 is 0. The van der Waals surface area contributed by atoms with Gasteiger partial charge in [0.05, 0.1) is 12.6 Å². The van der Waals surface area contributed by atoms with Crippen LogP contribution in [0.4, 0.5) is 13.2 Å². The summed E-state index contributed by atoms with van der Waals surface area (Å²) in [4.78, 5) is 22.5. The van der Waals surface area contributed by atoms with Gasteiger partial charge < -0.3 is 20.4 Å². The van der Waals surface area contributed by atoms with Crippen LogP contribution in [0.2, 0.25) is 0 Å². The number of nitrogens with zero attached hydrogens (tertiary/aromatic N) is 1. The van der Waals surface area contributed by atoms with Crippen molar-refractivity contribution in [2.45, 2.75) is 44.0 Å². The Bertz CT molecular complexity index is 368. The van der Waals surface area contributed by atoms with E-state index in [0.717, 1.165) is 38.8 Å². The van der Waals surface area contributed by atoms with E-state index >= 15 is 0 Å². The number of carbonyl (C=O) groups excluding carboxylic acids is 1. The molecule has 2 rings (SSSR count). The average molecular weight is 312 g/mol. The molecule has 2 aliphatic rings. The molecule has 1 saturated carbocycles.